The number of amides is 1. The van der Waals surface area contributed by atoms with E-state index in [1.54, 1.807) is 24.3 Å². The van der Waals surface area contributed by atoms with Crippen LogP contribution in [0.1, 0.15) is 24.2 Å². The highest BCUT2D eigenvalue weighted by molar-refractivity contribution is 6.05. The van der Waals surface area contributed by atoms with Crippen molar-refractivity contribution < 1.29 is 14.7 Å². The summed E-state index contributed by atoms with van der Waals surface area (Å²) >= 11 is 0. The Morgan fingerprint density at radius 3 is 2.48 bits per heavy atom. The number of rotatable bonds is 7. The van der Waals surface area contributed by atoms with Crippen molar-refractivity contribution in [3.63, 3.8) is 0 Å². The van der Waals surface area contributed by atoms with Crippen LogP contribution in [0.2, 0.25) is 0 Å². The van der Waals surface area contributed by atoms with E-state index in [4.69, 9.17) is 0 Å². The Kier molecular flexibility index (Phi) is 5.93. The highest BCUT2D eigenvalue weighted by atomic mass is 16.4. The third-order valence-electron chi connectivity index (χ3n) is 3.87. The van der Waals surface area contributed by atoms with Gasteiger partial charge in [-0.25, -0.2) is 9.78 Å². The van der Waals surface area contributed by atoms with Crippen LogP contribution in [-0.2, 0) is 4.79 Å². The first-order chi connectivity index (χ1) is 11.8. The minimum atomic E-state index is -1.02. The van der Waals surface area contributed by atoms with Crippen molar-refractivity contribution in [2.24, 2.45) is 0 Å². The first kappa shape index (κ1) is 18.7. The van der Waals surface area contributed by atoms with Crippen LogP contribution in [0.15, 0.2) is 24.3 Å². The second-order valence-corrected chi connectivity index (χ2v) is 6.13. The van der Waals surface area contributed by atoms with Crippen molar-refractivity contribution in [3.8, 4) is 0 Å². The fourth-order valence-corrected chi connectivity index (χ4v) is 2.59. The van der Waals surface area contributed by atoms with Gasteiger partial charge in [-0.1, -0.05) is 0 Å². The summed E-state index contributed by atoms with van der Waals surface area (Å²) in [4.78, 5) is 31.7. The van der Waals surface area contributed by atoms with Crippen LogP contribution in [-0.4, -0.2) is 60.6 Å². The van der Waals surface area contributed by atoms with Crippen molar-refractivity contribution >= 4 is 34.3 Å². The molecular weight excluding hydrogens is 320 g/mol. The standard InChI is InChI=1S/C18H24N4O3/c1-5-22(9-8-21(3)4)17-11-15(18(24)25)14-10-13(19-12(2)23)6-7-16(14)20-17/h6-7,10-11H,5,8-9H2,1-4H3,(H,19,23)(H,24,25). The molecule has 0 aliphatic carbocycles. The molecule has 1 aromatic carbocycles. The summed E-state index contributed by atoms with van der Waals surface area (Å²) in [6.45, 7) is 5.76. The van der Waals surface area contributed by atoms with Crippen LogP contribution in [0.4, 0.5) is 11.5 Å². The Hall–Kier alpha value is -2.67. The van der Waals surface area contributed by atoms with Crippen molar-refractivity contribution in [3.05, 3.63) is 29.8 Å². The lowest BCUT2D eigenvalue weighted by molar-refractivity contribution is -0.114. The van der Waals surface area contributed by atoms with E-state index in [2.05, 4.69) is 15.2 Å². The van der Waals surface area contributed by atoms with E-state index in [-0.39, 0.29) is 11.5 Å². The molecule has 0 radical (unpaired) electrons. The minimum absolute atomic E-state index is 0.176. The molecule has 2 rings (SSSR count). The number of carboxylic acids is 1. The van der Waals surface area contributed by atoms with Crippen LogP contribution in [0.3, 0.4) is 0 Å². The van der Waals surface area contributed by atoms with E-state index in [1.165, 1.54) is 6.92 Å². The Morgan fingerprint density at radius 1 is 1.20 bits per heavy atom. The lowest BCUT2D eigenvalue weighted by atomic mass is 10.1. The quantitative estimate of drug-likeness (QED) is 0.801. The number of benzene rings is 1. The summed E-state index contributed by atoms with van der Waals surface area (Å²) < 4.78 is 0. The molecule has 0 saturated carbocycles. The topological polar surface area (TPSA) is 85.8 Å². The maximum atomic E-state index is 11.7. The largest absolute Gasteiger partial charge is 0.478 e. The summed E-state index contributed by atoms with van der Waals surface area (Å²) in [6.07, 6.45) is 0. The molecule has 2 aromatic rings. The van der Waals surface area contributed by atoms with Gasteiger partial charge in [0.1, 0.15) is 5.82 Å². The molecule has 7 heteroatoms. The smallest absolute Gasteiger partial charge is 0.336 e. The molecule has 7 nitrogen and oxygen atoms in total. The maximum Gasteiger partial charge on any atom is 0.336 e. The second-order valence-electron chi connectivity index (χ2n) is 6.13. The Morgan fingerprint density at radius 2 is 1.92 bits per heavy atom. The number of carbonyl (C=O) groups excluding carboxylic acids is 1. The van der Waals surface area contributed by atoms with Gasteiger partial charge in [0.25, 0.3) is 0 Å². The van der Waals surface area contributed by atoms with Crippen molar-refractivity contribution in [2.75, 3.05) is 43.9 Å². The Labute approximate surface area is 147 Å². The molecule has 2 N–H and O–H groups in total. The fraction of sp³-hybridized carbons (Fsp3) is 0.389. The molecule has 0 bridgehead atoms. The average molecular weight is 344 g/mol. The van der Waals surface area contributed by atoms with E-state index in [1.807, 2.05) is 25.9 Å². The first-order valence-electron chi connectivity index (χ1n) is 8.17. The molecule has 0 fully saturated rings. The summed E-state index contributed by atoms with van der Waals surface area (Å²) in [7, 11) is 3.99. The number of carboxylic acid groups (broad SMARTS) is 1. The summed E-state index contributed by atoms with van der Waals surface area (Å²) in [5.74, 6) is -0.583. The van der Waals surface area contributed by atoms with Gasteiger partial charge in [-0.05, 0) is 45.3 Å². The zero-order chi connectivity index (χ0) is 18.6. The van der Waals surface area contributed by atoms with Gasteiger partial charge in [-0.15, -0.1) is 0 Å². The number of nitrogens with zero attached hydrogens (tertiary/aromatic N) is 3. The van der Waals surface area contributed by atoms with Gasteiger partial charge in [0.2, 0.25) is 5.91 Å². The second kappa shape index (κ2) is 7.94. The predicted molar refractivity (Wildman–Crippen MR) is 99.4 cm³/mol. The van der Waals surface area contributed by atoms with Gasteiger partial charge >= 0.3 is 5.97 Å². The number of likely N-dealkylation sites (N-methyl/N-ethyl adjacent to an activating group) is 2. The molecule has 134 valence electrons. The van der Waals surface area contributed by atoms with E-state index < -0.39 is 5.97 Å². The van der Waals surface area contributed by atoms with E-state index in [0.29, 0.717) is 22.4 Å². The van der Waals surface area contributed by atoms with Crippen LogP contribution in [0.5, 0.6) is 0 Å². The number of anilines is 2. The van der Waals surface area contributed by atoms with Gasteiger partial charge < -0.3 is 20.2 Å². The lowest BCUT2D eigenvalue weighted by Gasteiger charge is -2.24. The number of hydrogen-bond acceptors (Lipinski definition) is 5. The first-order valence-corrected chi connectivity index (χ1v) is 8.17. The Balaban J connectivity index is 2.50. The van der Waals surface area contributed by atoms with Gasteiger partial charge in [-0.3, -0.25) is 4.79 Å². The van der Waals surface area contributed by atoms with Crippen molar-refractivity contribution in [2.45, 2.75) is 13.8 Å². The predicted octanol–water partition coefficient (Wildman–Crippen LogP) is 2.28. The average Bonchev–Trinajstić information content (AvgIpc) is 2.53. The molecule has 0 saturated heterocycles. The van der Waals surface area contributed by atoms with Crippen LogP contribution < -0.4 is 10.2 Å². The third kappa shape index (κ3) is 4.67. The minimum Gasteiger partial charge on any atom is -0.478 e. The zero-order valence-corrected chi connectivity index (χ0v) is 15.0. The molecular formula is C18H24N4O3. The fourth-order valence-electron chi connectivity index (χ4n) is 2.59. The molecule has 1 amide bonds. The van der Waals surface area contributed by atoms with Crippen LogP contribution >= 0.6 is 0 Å². The highest BCUT2D eigenvalue weighted by Gasteiger charge is 2.16. The molecule has 0 spiro atoms. The van der Waals surface area contributed by atoms with Crippen molar-refractivity contribution in [1.29, 1.82) is 0 Å². The lowest BCUT2D eigenvalue weighted by Crippen LogP contribution is -2.32. The van der Waals surface area contributed by atoms with E-state index in [0.717, 1.165) is 19.6 Å². The number of carbonyl (C=O) groups is 2. The van der Waals surface area contributed by atoms with E-state index in [9.17, 15) is 14.7 Å². The molecule has 0 aliphatic rings. The molecule has 0 aliphatic heterocycles. The van der Waals surface area contributed by atoms with Crippen LogP contribution in [0.25, 0.3) is 10.9 Å². The highest BCUT2D eigenvalue weighted by Crippen LogP contribution is 2.26. The van der Waals surface area contributed by atoms with Gasteiger partial charge in [0, 0.05) is 37.6 Å². The number of aromatic nitrogens is 1. The van der Waals surface area contributed by atoms with Gasteiger partial charge in [-0.2, -0.15) is 0 Å². The van der Waals surface area contributed by atoms with Crippen LogP contribution in [0, 0.1) is 0 Å². The normalized spacial score (nSPS) is 10.9. The van der Waals surface area contributed by atoms with E-state index >= 15 is 0 Å². The number of hydrogen-bond donors (Lipinski definition) is 2. The summed E-state index contributed by atoms with van der Waals surface area (Å²) in [5.41, 5.74) is 1.32. The zero-order valence-electron chi connectivity index (χ0n) is 15.0. The Bertz CT molecular complexity index is 789. The maximum absolute atomic E-state index is 11.7. The van der Waals surface area contributed by atoms with Gasteiger partial charge in [0.15, 0.2) is 0 Å². The summed E-state index contributed by atoms with van der Waals surface area (Å²) in [5, 5.41) is 12.8. The number of pyridine rings is 1. The van der Waals surface area contributed by atoms with Crippen molar-refractivity contribution in [1.82, 2.24) is 9.88 Å². The molecule has 0 unspecified atom stereocenters. The van der Waals surface area contributed by atoms with Gasteiger partial charge in [0.05, 0.1) is 11.1 Å². The number of nitrogens with one attached hydrogen (secondary N) is 1. The molecule has 1 heterocycles. The monoisotopic (exact) mass is 344 g/mol. The number of aromatic carboxylic acids is 1. The molecule has 0 atom stereocenters. The summed E-state index contributed by atoms with van der Waals surface area (Å²) in [6, 6.07) is 6.70. The third-order valence-corrected chi connectivity index (χ3v) is 3.87. The number of fused-ring (bicyclic) bond motifs is 1. The molecule has 1 aromatic heterocycles. The molecule has 25 heavy (non-hydrogen) atoms. The SMILES string of the molecule is CCN(CCN(C)C)c1cc(C(=O)O)c2cc(NC(C)=O)ccc2n1.